The number of piperazine rings is 1. The van der Waals surface area contributed by atoms with E-state index in [1.54, 1.807) is 25.4 Å². The van der Waals surface area contributed by atoms with Crippen molar-refractivity contribution in [1.29, 1.82) is 0 Å². The zero-order valence-electron chi connectivity index (χ0n) is 16.3. The number of aromatic nitrogens is 2. The van der Waals surface area contributed by atoms with Crippen LogP contribution in [-0.4, -0.2) is 68.9 Å². The Balaban J connectivity index is 1.60. The van der Waals surface area contributed by atoms with Gasteiger partial charge in [0.05, 0.1) is 16.3 Å². The number of aryl methyl sites for hydroxylation is 1. The first-order valence-corrected chi connectivity index (χ1v) is 12.4. The topological polar surface area (TPSA) is 121 Å². The van der Waals surface area contributed by atoms with E-state index in [1.165, 1.54) is 22.5 Å². The monoisotopic (exact) mass is 451 g/mol. The van der Waals surface area contributed by atoms with Gasteiger partial charge in [-0.25, -0.2) is 31.1 Å². The van der Waals surface area contributed by atoms with E-state index in [2.05, 4.69) is 9.97 Å². The van der Waals surface area contributed by atoms with Gasteiger partial charge >= 0.3 is 0 Å². The van der Waals surface area contributed by atoms with Crippen LogP contribution in [0, 0.1) is 6.92 Å². The summed E-state index contributed by atoms with van der Waals surface area (Å²) in [6.45, 7) is 2.99. The zero-order valence-corrected chi connectivity index (χ0v) is 17.9. The van der Waals surface area contributed by atoms with Crippen molar-refractivity contribution in [2.24, 2.45) is 0 Å². The highest BCUT2D eigenvalue weighted by Gasteiger charge is 2.37. The van der Waals surface area contributed by atoms with Gasteiger partial charge in [-0.3, -0.25) is 4.79 Å². The fourth-order valence-electron chi connectivity index (χ4n) is 3.58. The third-order valence-corrected chi connectivity index (χ3v) is 8.91. The SMILES string of the molecule is Cc1ccc(N2C(=O)CCS2(=O)=O)cc1S(=O)(=O)N1CCN(c2ncccn2)CC1. The van der Waals surface area contributed by atoms with Crippen LogP contribution in [0.15, 0.2) is 41.6 Å². The Morgan fingerprint density at radius 2 is 1.70 bits per heavy atom. The lowest BCUT2D eigenvalue weighted by molar-refractivity contribution is -0.116. The van der Waals surface area contributed by atoms with E-state index in [1.807, 2.05) is 4.90 Å². The molecule has 1 amide bonds. The van der Waals surface area contributed by atoms with Gasteiger partial charge < -0.3 is 4.90 Å². The molecule has 2 aliphatic heterocycles. The van der Waals surface area contributed by atoms with Gasteiger partial charge in [-0.1, -0.05) is 6.07 Å². The molecule has 0 N–H and O–H groups in total. The van der Waals surface area contributed by atoms with Crippen LogP contribution in [0.5, 0.6) is 0 Å². The van der Waals surface area contributed by atoms with Gasteiger partial charge in [0.1, 0.15) is 0 Å². The molecule has 4 rings (SSSR count). The summed E-state index contributed by atoms with van der Waals surface area (Å²) in [5, 5.41) is 0. The molecule has 0 spiro atoms. The Labute approximate surface area is 175 Å². The Kier molecular flexibility index (Phi) is 5.24. The van der Waals surface area contributed by atoms with Crippen LogP contribution in [0.2, 0.25) is 0 Å². The largest absolute Gasteiger partial charge is 0.338 e. The second-order valence-electron chi connectivity index (χ2n) is 7.11. The standard InChI is InChI=1S/C18H21N5O5S2/c1-14-3-4-15(23-17(24)5-12-29(23,25)26)13-16(14)30(27,28)22-10-8-21(9-11-22)18-19-6-2-7-20-18/h2-4,6-7,13H,5,8-12H2,1H3. The summed E-state index contributed by atoms with van der Waals surface area (Å²) in [5.41, 5.74) is 0.537. The summed E-state index contributed by atoms with van der Waals surface area (Å²) < 4.78 is 53.1. The Morgan fingerprint density at radius 3 is 2.30 bits per heavy atom. The molecule has 2 saturated heterocycles. The Hall–Kier alpha value is -2.57. The Morgan fingerprint density at radius 1 is 1.03 bits per heavy atom. The summed E-state index contributed by atoms with van der Waals surface area (Å²) in [6.07, 6.45) is 3.16. The minimum absolute atomic E-state index is 0.000638. The van der Waals surface area contributed by atoms with Gasteiger partial charge in [0.25, 0.3) is 0 Å². The van der Waals surface area contributed by atoms with Crippen molar-refractivity contribution in [2.75, 3.05) is 41.1 Å². The highest BCUT2D eigenvalue weighted by Crippen LogP contribution is 2.30. The molecule has 0 bridgehead atoms. The number of carbonyl (C=O) groups excluding carboxylic acids is 1. The minimum Gasteiger partial charge on any atom is -0.338 e. The van der Waals surface area contributed by atoms with E-state index >= 15 is 0 Å². The maximum absolute atomic E-state index is 13.3. The Bertz CT molecular complexity index is 1180. The maximum atomic E-state index is 13.3. The fraction of sp³-hybridized carbons (Fsp3) is 0.389. The number of sulfonamides is 2. The lowest BCUT2D eigenvalue weighted by atomic mass is 10.2. The number of hydrogen-bond acceptors (Lipinski definition) is 8. The lowest BCUT2D eigenvalue weighted by Gasteiger charge is -2.34. The molecular weight excluding hydrogens is 430 g/mol. The molecule has 2 fully saturated rings. The van der Waals surface area contributed by atoms with Crippen molar-refractivity contribution >= 4 is 37.6 Å². The number of anilines is 2. The van der Waals surface area contributed by atoms with Crippen molar-refractivity contribution in [3.8, 4) is 0 Å². The number of hydrogen-bond donors (Lipinski definition) is 0. The molecule has 30 heavy (non-hydrogen) atoms. The van der Waals surface area contributed by atoms with Crippen molar-refractivity contribution < 1.29 is 21.6 Å². The molecular formula is C18H21N5O5S2. The molecule has 0 radical (unpaired) electrons. The van der Waals surface area contributed by atoms with Gasteiger partial charge in [-0.05, 0) is 30.7 Å². The van der Waals surface area contributed by atoms with E-state index < -0.39 is 26.0 Å². The van der Waals surface area contributed by atoms with Gasteiger partial charge in [0, 0.05) is 45.0 Å². The zero-order chi connectivity index (χ0) is 21.5. The summed E-state index contributed by atoms with van der Waals surface area (Å²) in [7, 11) is -7.64. The lowest BCUT2D eigenvalue weighted by Crippen LogP contribution is -2.49. The molecule has 10 nitrogen and oxygen atoms in total. The first-order chi connectivity index (χ1) is 14.2. The molecule has 2 aromatic rings. The number of benzene rings is 1. The maximum Gasteiger partial charge on any atom is 0.243 e. The van der Waals surface area contributed by atoms with Crippen LogP contribution < -0.4 is 9.21 Å². The van der Waals surface area contributed by atoms with Crippen molar-refractivity contribution in [2.45, 2.75) is 18.2 Å². The summed E-state index contributed by atoms with van der Waals surface area (Å²) in [5.74, 6) is -0.283. The number of rotatable bonds is 4. The minimum atomic E-state index is -3.87. The third kappa shape index (κ3) is 3.66. The second kappa shape index (κ2) is 7.60. The van der Waals surface area contributed by atoms with Gasteiger partial charge in [-0.15, -0.1) is 0 Å². The first kappa shape index (κ1) is 20.7. The van der Waals surface area contributed by atoms with E-state index in [4.69, 9.17) is 0 Å². The van der Waals surface area contributed by atoms with Crippen LogP contribution in [0.4, 0.5) is 11.6 Å². The molecule has 2 aliphatic rings. The number of nitrogens with zero attached hydrogens (tertiary/aromatic N) is 5. The first-order valence-electron chi connectivity index (χ1n) is 9.39. The quantitative estimate of drug-likeness (QED) is 0.653. The van der Waals surface area contributed by atoms with E-state index in [0.29, 0.717) is 28.9 Å². The summed E-state index contributed by atoms with van der Waals surface area (Å²) in [6, 6.07) is 5.97. The van der Waals surface area contributed by atoms with Crippen LogP contribution in [-0.2, 0) is 24.8 Å². The van der Waals surface area contributed by atoms with Crippen LogP contribution in [0.1, 0.15) is 12.0 Å². The number of amides is 1. The average molecular weight is 452 g/mol. The van der Waals surface area contributed by atoms with Crippen molar-refractivity contribution in [3.63, 3.8) is 0 Å². The molecule has 0 unspecified atom stereocenters. The predicted molar refractivity (Wildman–Crippen MR) is 110 cm³/mol. The highest BCUT2D eigenvalue weighted by atomic mass is 32.2. The predicted octanol–water partition coefficient (Wildman–Crippen LogP) is 0.362. The van der Waals surface area contributed by atoms with Crippen LogP contribution in [0.3, 0.4) is 0 Å². The molecule has 1 aromatic carbocycles. The van der Waals surface area contributed by atoms with Gasteiger partial charge in [0.2, 0.25) is 31.9 Å². The van der Waals surface area contributed by atoms with Crippen molar-refractivity contribution in [3.05, 3.63) is 42.2 Å². The third-order valence-electron chi connectivity index (χ3n) is 5.18. The molecule has 1 aromatic heterocycles. The second-order valence-corrected chi connectivity index (χ2v) is 11.0. The van der Waals surface area contributed by atoms with E-state index in [0.717, 1.165) is 0 Å². The molecule has 160 valence electrons. The van der Waals surface area contributed by atoms with Gasteiger partial charge in [-0.2, -0.15) is 4.31 Å². The molecule has 3 heterocycles. The molecule has 0 atom stereocenters. The normalized spacial score (nSPS) is 20.0. The average Bonchev–Trinajstić information content (AvgIpc) is 3.01. The van der Waals surface area contributed by atoms with Crippen molar-refractivity contribution in [1.82, 2.24) is 14.3 Å². The summed E-state index contributed by atoms with van der Waals surface area (Å²) in [4.78, 5) is 22.4. The molecule has 0 saturated carbocycles. The molecule has 12 heteroatoms. The summed E-state index contributed by atoms with van der Waals surface area (Å²) >= 11 is 0. The van der Waals surface area contributed by atoms with E-state index in [9.17, 15) is 21.6 Å². The smallest absolute Gasteiger partial charge is 0.243 e. The highest BCUT2D eigenvalue weighted by molar-refractivity contribution is 7.94. The number of carbonyl (C=O) groups is 1. The van der Waals surface area contributed by atoms with E-state index in [-0.39, 0.29) is 35.8 Å². The van der Waals surface area contributed by atoms with Crippen LogP contribution >= 0.6 is 0 Å². The van der Waals surface area contributed by atoms with Crippen LogP contribution in [0.25, 0.3) is 0 Å². The molecule has 0 aliphatic carbocycles. The van der Waals surface area contributed by atoms with Gasteiger partial charge in [0.15, 0.2) is 0 Å². The fourth-order valence-corrected chi connectivity index (χ4v) is 6.70.